The van der Waals surface area contributed by atoms with Gasteiger partial charge >= 0.3 is 12.7 Å². The number of aromatic nitrogens is 1. The largest absolute Gasteiger partial charge is 0.489 e. The number of amides is 3. The van der Waals surface area contributed by atoms with Gasteiger partial charge in [0.2, 0.25) is 11.8 Å². The molecule has 5 rings (SSSR count). The van der Waals surface area contributed by atoms with Crippen LogP contribution in [0.25, 0.3) is 11.5 Å². The summed E-state index contributed by atoms with van der Waals surface area (Å²) >= 11 is 0. The number of alkyl carbamates (subject to hydrolysis) is 1. The van der Waals surface area contributed by atoms with Crippen molar-refractivity contribution in [1.29, 1.82) is 0 Å². The first-order chi connectivity index (χ1) is 20.6. The van der Waals surface area contributed by atoms with Gasteiger partial charge in [-0.2, -0.15) is 8.78 Å². The molecule has 3 atom stereocenters. The Balaban J connectivity index is 1.45. The average Bonchev–Trinajstić information content (AvgIpc) is 3.56. The van der Waals surface area contributed by atoms with Crippen molar-refractivity contribution < 1.29 is 41.8 Å². The molecule has 3 fully saturated rings. The fraction of sp³-hybridized carbons (Fsp3) is 0.586. The van der Waals surface area contributed by atoms with Crippen molar-refractivity contribution in [2.24, 2.45) is 11.7 Å². The van der Waals surface area contributed by atoms with Crippen molar-refractivity contribution >= 4 is 17.9 Å². The Hall–Kier alpha value is -3.94. The lowest BCUT2D eigenvalue weighted by Gasteiger charge is -2.32. The van der Waals surface area contributed by atoms with Crippen LogP contribution < -0.4 is 20.5 Å². The summed E-state index contributed by atoms with van der Waals surface area (Å²) in [6.45, 7) is 0.198. The van der Waals surface area contributed by atoms with Crippen LogP contribution in [0.1, 0.15) is 67.7 Å². The highest BCUT2D eigenvalue weighted by atomic mass is 19.3. The average molecular weight is 606 g/mol. The number of benzene rings is 1. The summed E-state index contributed by atoms with van der Waals surface area (Å²) in [5.41, 5.74) is 6.47. The van der Waals surface area contributed by atoms with Gasteiger partial charge in [-0.15, -0.1) is 0 Å². The lowest BCUT2D eigenvalue weighted by Crippen LogP contribution is -2.49. The highest BCUT2D eigenvalue weighted by Crippen LogP contribution is 2.37. The molecule has 0 radical (unpaired) electrons. The van der Waals surface area contributed by atoms with Crippen LogP contribution in [0.15, 0.2) is 22.6 Å². The van der Waals surface area contributed by atoms with E-state index in [1.165, 1.54) is 30.2 Å². The first kappa shape index (κ1) is 30.5. The van der Waals surface area contributed by atoms with Crippen molar-refractivity contribution in [2.45, 2.75) is 70.2 Å². The van der Waals surface area contributed by atoms with Crippen molar-refractivity contribution in [3.8, 4) is 23.0 Å². The van der Waals surface area contributed by atoms with Crippen LogP contribution in [0.3, 0.4) is 0 Å². The van der Waals surface area contributed by atoms with Gasteiger partial charge in [0.1, 0.15) is 6.04 Å². The standard InChI is InChI=1S/C29H37F2N5O7/c1-16(32)24-23(34-25(43-24)18-8-9-21(42-28(30)31)22(12-18)41-15-17-6-7-17)27(38)36-14-19(33-29(39)40-2)13-20(36)26(37)35-10-4-3-5-11-35/h8-9,12,16-17,19-20,28H,3-7,10-11,13-15,32H2,1-2H3,(H,33,39)/t16-,19+,20-/m0/s1. The maximum absolute atomic E-state index is 14.0. The summed E-state index contributed by atoms with van der Waals surface area (Å²) in [4.78, 5) is 47.2. The van der Waals surface area contributed by atoms with E-state index in [1.54, 1.807) is 11.8 Å². The number of piperidine rings is 1. The van der Waals surface area contributed by atoms with Gasteiger partial charge in [0.25, 0.3) is 5.91 Å². The number of hydrogen-bond donors (Lipinski definition) is 2. The third-order valence-electron chi connectivity index (χ3n) is 7.87. The molecule has 234 valence electrons. The summed E-state index contributed by atoms with van der Waals surface area (Å²) in [5.74, 6) is -0.316. The van der Waals surface area contributed by atoms with Crippen LogP contribution in [0.5, 0.6) is 11.5 Å². The Morgan fingerprint density at radius 2 is 1.91 bits per heavy atom. The van der Waals surface area contributed by atoms with Gasteiger partial charge in [0, 0.05) is 25.2 Å². The monoisotopic (exact) mass is 605 g/mol. The summed E-state index contributed by atoms with van der Waals surface area (Å²) < 4.78 is 47.1. The van der Waals surface area contributed by atoms with Crippen LogP contribution >= 0.6 is 0 Å². The molecule has 2 aliphatic heterocycles. The van der Waals surface area contributed by atoms with Gasteiger partial charge in [-0.05, 0) is 69.6 Å². The van der Waals surface area contributed by atoms with E-state index >= 15 is 0 Å². The molecule has 1 aliphatic carbocycles. The van der Waals surface area contributed by atoms with E-state index in [1.807, 2.05) is 0 Å². The van der Waals surface area contributed by atoms with Gasteiger partial charge in [-0.3, -0.25) is 9.59 Å². The van der Waals surface area contributed by atoms with Gasteiger partial charge < -0.3 is 39.5 Å². The number of methoxy groups -OCH3 is 1. The van der Waals surface area contributed by atoms with E-state index in [0.29, 0.717) is 31.2 Å². The Labute approximate surface area is 247 Å². The van der Waals surface area contributed by atoms with Crippen molar-refractivity contribution in [1.82, 2.24) is 20.1 Å². The van der Waals surface area contributed by atoms with E-state index in [-0.39, 0.29) is 47.7 Å². The van der Waals surface area contributed by atoms with E-state index in [9.17, 15) is 23.2 Å². The number of nitrogens with one attached hydrogen (secondary N) is 1. The number of alkyl halides is 2. The number of carbonyl (C=O) groups is 3. The summed E-state index contributed by atoms with van der Waals surface area (Å²) in [7, 11) is 1.24. The molecule has 12 nitrogen and oxygen atoms in total. The minimum absolute atomic E-state index is 0.0258. The molecular weight excluding hydrogens is 568 g/mol. The highest BCUT2D eigenvalue weighted by molar-refractivity contribution is 5.98. The molecule has 1 saturated carbocycles. The Morgan fingerprint density at radius 1 is 1.16 bits per heavy atom. The smallest absolute Gasteiger partial charge is 0.407 e. The second kappa shape index (κ2) is 13.1. The number of halogens is 2. The molecule has 3 aliphatic rings. The zero-order chi connectivity index (χ0) is 30.7. The molecule has 1 aromatic carbocycles. The predicted octanol–water partition coefficient (Wildman–Crippen LogP) is 3.70. The number of ether oxygens (including phenoxy) is 3. The lowest BCUT2D eigenvalue weighted by atomic mass is 10.1. The molecule has 3 N–H and O–H groups in total. The highest BCUT2D eigenvalue weighted by Gasteiger charge is 2.44. The quantitative estimate of drug-likeness (QED) is 0.413. The lowest BCUT2D eigenvalue weighted by molar-refractivity contribution is -0.136. The molecule has 0 unspecified atom stereocenters. The first-order valence-corrected chi connectivity index (χ1v) is 14.6. The van der Waals surface area contributed by atoms with Crippen molar-refractivity contribution in [3.63, 3.8) is 0 Å². The van der Waals surface area contributed by atoms with E-state index in [0.717, 1.165) is 32.1 Å². The van der Waals surface area contributed by atoms with Crippen LogP contribution in [0, 0.1) is 5.92 Å². The third kappa shape index (κ3) is 7.17. The normalized spacial score (nSPS) is 21.1. The molecule has 43 heavy (non-hydrogen) atoms. The Bertz CT molecular complexity index is 1330. The van der Waals surface area contributed by atoms with Crippen LogP contribution in [-0.4, -0.2) is 84.7 Å². The number of oxazole rings is 1. The zero-order valence-corrected chi connectivity index (χ0v) is 24.2. The number of likely N-dealkylation sites (tertiary alicyclic amines) is 2. The molecule has 1 aromatic heterocycles. The number of nitrogens with two attached hydrogens (primary N) is 1. The van der Waals surface area contributed by atoms with Crippen LogP contribution in [-0.2, 0) is 9.53 Å². The molecule has 14 heteroatoms. The van der Waals surface area contributed by atoms with Gasteiger partial charge in [-0.1, -0.05) is 0 Å². The van der Waals surface area contributed by atoms with E-state index in [2.05, 4.69) is 15.0 Å². The van der Waals surface area contributed by atoms with E-state index < -0.39 is 36.7 Å². The fourth-order valence-corrected chi connectivity index (χ4v) is 5.44. The molecule has 0 bridgehead atoms. The molecule has 2 saturated heterocycles. The minimum atomic E-state index is -3.04. The second-order valence-corrected chi connectivity index (χ2v) is 11.2. The van der Waals surface area contributed by atoms with Gasteiger partial charge in [0.15, 0.2) is 23.0 Å². The maximum atomic E-state index is 14.0. The summed E-state index contributed by atoms with van der Waals surface area (Å²) in [6.07, 6.45) is 4.34. The zero-order valence-electron chi connectivity index (χ0n) is 24.2. The Kier molecular flexibility index (Phi) is 9.33. The van der Waals surface area contributed by atoms with Crippen molar-refractivity contribution in [3.05, 3.63) is 29.7 Å². The molecule has 0 spiro atoms. The van der Waals surface area contributed by atoms with Crippen molar-refractivity contribution in [2.75, 3.05) is 33.4 Å². The molecule has 3 heterocycles. The second-order valence-electron chi connectivity index (χ2n) is 11.2. The molecule has 3 amide bonds. The number of nitrogens with zero attached hydrogens (tertiary/aromatic N) is 3. The molecule has 2 aromatic rings. The number of carbonyl (C=O) groups excluding carboxylic acids is 3. The third-order valence-corrected chi connectivity index (χ3v) is 7.87. The fourth-order valence-electron chi connectivity index (χ4n) is 5.44. The Morgan fingerprint density at radius 3 is 2.56 bits per heavy atom. The minimum Gasteiger partial charge on any atom is -0.489 e. The number of hydrogen-bond acceptors (Lipinski definition) is 9. The summed E-state index contributed by atoms with van der Waals surface area (Å²) in [5, 5.41) is 2.70. The SMILES string of the molecule is COC(=O)N[C@@H]1C[C@@H](C(=O)N2CCCCC2)N(C(=O)c2nc(-c3ccc(OC(F)F)c(OCC4CC4)c3)oc2[C@H](C)N)C1. The maximum Gasteiger partial charge on any atom is 0.407 e. The van der Waals surface area contributed by atoms with Gasteiger partial charge in [0.05, 0.1) is 25.8 Å². The number of rotatable bonds is 10. The predicted molar refractivity (Wildman–Crippen MR) is 149 cm³/mol. The van der Waals surface area contributed by atoms with Gasteiger partial charge in [-0.25, -0.2) is 9.78 Å². The van der Waals surface area contributed by atoms with Crippen LogP contribution in [0.4, 0.5) is 13.6 Å². The summed E-state index contributed by atoms with van der Waals surface area (Å²) in [6, 6.07) is 2.19. The topological polar surface area (TPSA) is 149 Å². The van der Waals surface area contributed by atoms with E-state index in [4.69, 9.17) is 19.6 Å². The molecular formula is C29H37F2N5O7. The first-order valence-electron chi connectivity index (χ1n) is 14.6. The van der Waals surface area contributed by atoms with Crippen LogP contribution in [0.2, 0.25) is 0 Å².